The summed E-state index contributed by atoms with van der Waals surface area (Å²) in [5.41, 5.74) is 0. The van der Waals surface area contributed by atoms with Gasteiger partial charge < -0.3 is 9.73 Å². The Bertz CT molecular complexity index is 634. The molecule has 0 fully saturated rings. The molecule has 0 atom stereocenters. The number of carbonyl (C=O) groups is 2. The van der Waals surface area contributed by atoms with E-state index in [0.29, 0.717) is 10.9 Å². The normalized spacial score (nSPS) is 10.7. The van der Waals surface area contributed by atoms with E-state index < -0.39 is 0 Å². The van der Waals surface area contributed by atoms with Crippen LogP contribution in [0.3, 0.4) is 0 Å². The molecule has 0 aliphatic rings. The van der Waals surface area contributed by atoms with Crippen molar-refractivity contribution < 1.29 is 14.0 Å². The lowest BCUT2D eigenvalue weighted by molar-refractivity contribution is -0.121. The Morgan fingerprint density at radius 1 is 1.43 bits per heavy atom. The summed E-state index contributed by atoms with van der Waals surface area (Å²) in [4.78, 5) is 23.1. The van der Waals surface area contributed by atoms with Gasteiger partial charge in [0.1, 0.15) is 10.8 Å². The Morgan fingerprint density at radius 2 is 2.29 bits per heavy atom. The molecule has 7 nitrogen and oxygen atoms in total. The van der Waals surface area contributed by atoms with Crippen molar-refractivity contribution >= 4 is 34.4 Å². The van der Waals surface area contributed by atoms with Gasteiger partial charge >= 0.3 is 0 Å². The highest BCUT2D eigenvalue weighted by Gasteiger charge is 2.08. The van der Waals surface area contributed by atoms with Crippen molar-refractivity contribution in [2.75, 3.05) is 11.9 Å². The van der Waals surface area contributed by atoms with Crippen molar-refractivity contribution in [3.05, 3.63) is 35.2 Å². The molecule has 0 aliphatic carbocycles. The van der Waals surface area contributed by atoms with E-state index >= 15 is 0 Å². The molecule has 0 spiro atoms. The van der Waals surface area contributed by atoms with Gasteiger partial charge in [-0.2, -0.15) is 0 Å². The molecule has 0 aliphatic heterocycles. The van der Waals surface area contributed by atoms with Crippen molar-refractivity contribution in [3.63, 3.8) is 0 Å². The van der Waals surface area contributed by atoms with Gasteiger partial charge in [-0.15, -0.1) is 10.2 Å². The second kappa shape index (κ2) is 7.34. The minimum atomic E-state index is -0.381. The zero-order valence-corrected chi connectivity index (χ0v) is 12.1. The fraction of sp³-hybridized carbons (Fsp3) is 0.231. The minimum absolute atomic E-state index is 0.137. The van der Waals surface area contributed by atoms with E-state index in [4.69, 9.17) is 4.42 Å². The number of carbonyl (C=O) groups excluding carboxylic acids is 2. The maximum absolute atomic E-state index is 11.6. The van der Waals surface area contributed by atoms with Crippen LogP contribution in [0.4, 0.5) is 5.13 Å². The third-order valence-corrected chi connectivity index (χ3v) is 3.36. The van der Waals surface area contributed by atoms with E-state index in [2.05, 4.69) is 20.8 Å². The maximum atomic E-state index is 11.6. The third-order valence-electron chi connectivity index (χ3n) is 2.38. The summed E-state index contributed by atoms with van der Waals surface area (Å²) in [5, 5.41) is 14.0. The highest BCUT2D eigenvalue weighted by molar-refractivity contribution is 7.15. The van der Waals surface area contributed by atoms with Crippen LogP contribution >= 0.6 is 11.3 Å². The fourth-order valence-corrected chi connectivity index (χ4v) is 2.08. The van der Waals surface area contributed by atoms with E-state index in [1.165, 1.54) is 29.8 Å². The van der Waals surface area contributed by atoms with E-state index in [-0.39, 0.29) is 18.4 Å². The predicted octanol–water partition coefficient (Wildman–Crippen LogP) is 1.46. The van der Waals surface area contributed by atoms with E-state index in [1.807, 2.05) is 6.92 Å². The smallest absolute Gasteiger partial charge is 0.245 e. The standard InChI is InChI=1S/C13H14N4O3S/c1-2-12-16-17-13(21-12)15-11(19)8-14-10(18)6-5-9-4-3-7-20-9/h3-7H,2,8H2,1H3,(H,14,18)(H,15,17,19)/b6-5+. The van der Waals surface area contributed by atoms with E-state index in [9.17, 15) is 9.59 Å². The number of hydrogen-bond donors (Lipinski definition) is 2. The Balaban J connectivity index is 1.74. The molecule has 2 aromatic heterocycles. The van der Waals surface area contributed by atoms with Crippen LogP contribution in [0.15, 0.2) is 28.9 Å². The number of amides is 2. The van der Waals surface area contributed by atoms with Gasteiger partial charge in [-0.3, -0.25) is 14.9 Å². The lowest BCUT2D eigenvalue weighted by Crippen LogP contribution is -2.31. The van der Waals surface area contributed by atoms with Crippen molar-refractivity contribution in [1.82, 2.24) is 15.5 Å². The topological polar surface area (TPSA) is 97.1 Å². The molecule has 21 heavy (non-hydrogen) atoms. The second-order valence-electron chi connectivity index (χ2n) is 3.97. The zero-order valence-electron chi connectivity index (χ0n) is 11.3. The van der Waals surface area contributed by atoms with E-state index in [1.54, 1.807) is 12.1 Å². The van der Waals surface area contributed by atoms with Crippen molar-refractivity contribution in [1.29, 1.82) is 0 Å². The van der Waals surface area contributed by atoms with Crippen LogP contribution < -0.4 is 10.6 Å². The molecule has 0 bridgehead atoms. The van der Waals surface area contributed by atoms with Gasteiger partial charge in [-0.1, -0.05) is 18.3 Å². The fourth-order valence-electron chi connectivity index (χ4n) is 1.38. The summed E-state index contributed by atoms with van der Waals surface area (Å²) >= 11 is 1.31. The molecule has 2 aromatic rings. The number of nitrogens with zero attached hydrogens (tertiary/aromatic N) is 2. The van der Waals surface area contributed by atoms with Crippen molar-refractivity contribution in [2.24, 2.45) is 0 Å². The summed E-state index contributed by atoms with van der Waals surface area (Å²) in [6.45, 7) is 1.82. The van der Waals surface area contributed by atoms with Gasteiger partial charge in [0.05, 0.1) is 12.8 Å². The van der Waals surface area contributed by atoms with Gasteiger partial charge in [0.15, 0.2) is 0 Å². The first-order valence-corrected chi connectivity index (χ1v) is 7.10. The average Bonchev–Trinajstić information content (AvgIpc) is 3.14. The molecule has 110 valence electrons. The molecule has 8 heteroatoms. The van der Waals surface area contributed by atoms with E-state index in [0.717, 1.165) is 11.4 Å². The molecule has 0 saturated carbocycles. The summed E-state index contributed by atoms with van der Waals surface area (Å²) in [7, 11) is 0. The SMILES string of the molecule is CCc1nnc(NC(=O)CNC(=O)/C=C/c2ccco2)s1. The number of aromatic nitrogens is 2. The van der Waals surface area contributed by atoms with Crippen molar-refractivity contribution in [2.45, 2.75) is 13.3 Å². The molecule has 2 N–H and O–H groups in total. The second-order valence-corrected chi connectivity index (χ2v) is 5.03. The van der Waals surface area contributed by atoms with Crippen LogP contribution in [0.25, 0.3) is 6.08 Å². The first-order chi connectivity index (χ1) is 10.2. The highest BCUT2D eigenvalue weighted by Crippen LogP contribution is 2.14. The summed E-state index contributed by atoms with van der Waals surface area (Å²) < 4.78 is 5.04. The lowest BCUT2D eigenvalue weighted by Gasteiger charge is -2.01. The first-order valence-electron chi connectivity index (χ1n) is 6.29. The molecule has 0 radical (unpaired) electrons. The summed E-state index contributed by atoms with van der Waals surface area (Å²) in [5.74, 6) is -0.169. The zero-order chi connectivity index (χ0) is 15.1. The van der Waals surface area contributed by atoms with Crippen LogP contribution in [-0.2, 0) is 16.0 Å². The molecular weight excluding hydrogens is 292 g/mol. The number of nitrogens with one attached hydrogen (secondary N) is 2. The van der Waals surface area contributed by atoms with Crippen molar-refractivity contribution in [3.8, 4) is 0 Å². The molecule has 2 rings (SSSR count). The quantitative estimate of drug-likeness (QED) is 0.788. The summed E-state index contributed by atoms with van der Waals surface area (Å²) in [6.07, 6.45) is 5.09. The summed E-state index contributed by atoms with van der Waals surface area (Å²) in [6, 6.07) is 3.44. The number of aryl methyl sites for hydroxylation is 1. The lowest BCUT2D eigenvalue weighted by atomic mass is 10.4. The predicted molar refractivity (Wildman–Crippen MR) is 78.7 cm³/mol. The molecular formula is C13H14N4O3S. The molecule has 2 amide bonds. The van der Waals surface area contributed by atoms with Crippen LogP contribution in [-0.4, -0.2) is 28.6 Å². The van der Waals surface area contributed by atoms with Crippen LogP contribution in [0, 0.1) is 0 Å². The number of rotatable bonds is 6. The van der Waals surface area contributed by atoms with Gasteiger partial charge in [-0.05, 0) is 24.6 Å². The van der Waals surface area contributed by atoms with Gasteiger partial charge in [-0.25, -0.2) is 0 Å². The van der Waals surface area contributed by atoms with Crippen LogP contribution in [0.1, 0.15) is 17.7 Å². The first kappa shape index (κ1) is 14.9. The Hall–Kier alpha value is -2.48. The Labute approximate surface area is 125 Å². The van der Waals surface area contributed by atoms with Crippen LogP contribution in [0.2, 0.25) is 0 Å². The largest absolute Gasteiger partial charge is 0.465 e. The van der Waals surface area contributed by atoms with Gasteiger partial charge in [0, 0.05) is 6.08 Å². The number of hydrogen-bond acceptors (Lipinski definition) is 6. The Morgan fingerprint density at radius 3 is 2.95 bits per heavy atom. The molecule has 2 heterocycles. The average molecular weight is 306 g/mol. The third kappa shape index (κ3) is 4.84. The number of furan rings is 1. The molecule has 0 unspecified atom stereocenters. The number of anilines is 1. The molecule has 0 aromatic carbocycles. The highest BCUT2D eigenvalue weighted by atomic mass is 32.1. The minimum Gasteiger partial charge on any atom is -0.465 e. The Kier molecular flexibility index (Phi) is 5.22. The maximum Gasteiger partial charge on any atom is 0.245 e. The van der Waals surface area contributed by atoms with Gasteiger partial charge in [0.2, 0.25) is 16.9 Å². The monoisotopic (exact) mass is 306 g/mol. The molecule has 0 saturated heterocycles. The van der Waals surface area contributed by atoms with Crippen LogP contribution in [0.5, 0.6) is 0 Å². The van der Waals surface area contributed by atoms with Gasteiger partial charge in [0.25, 0.3) is 0 Å².